The Hall–Kier alpha value is -2.63. The molecule has 2 heterocycles. The maximum absolute atomic E-state index is 12.1. The van der Waals surface area contributed by atoms with Crippen LogP contribution in [0.15, 0.2) is 42.6 Å². The van der Waals surface area contributed by atoms with Crippen molar-refractivity contribution in [3.8, 4) is 5.75 Å². The van der Waals surface area contributed by atoms with Crippen LogP contribution >= 0.6 is 0 Å². The largest absolute Gasteiger partial charge is 0.492 e. The summed E-state index contributed by atoms with van der Waals surface area (Å²) < 4.78 is 17.5. The Balaban J connectivity index is 1.51. The van der Waals surface area contributed by atoms with Crippen LogP contribution in [-0.4, -0.2) is 37.3 Å². The number of nitrogens with one attached hydrogen (secondary N) is 1. The first-order valence-corrected chi connectivity index (χ1v) is 9.33. The van der Waals surface area contributed by atoms with Crippen molar-refractivity contribution < 1.29 is 13.9 Å². The topological polar surface area (TPSA) is 54.5 Å². The van der Waals surface area contributed by atoms with Gasteiger partial charge in [0, 0.05) is 32.4 Å². The SMILES string of the molecule is CC(=O)N[C@@H](C)c1ccc(C2CN(c3ccc(OCCCF)cn3)C2)cc1. The standard InChI is InChI=1S/C21H26FN3O2/c1-15(24-16(2)26)17-4-6-18(7-5-17)19-13-25(14-19)21-9-8-20(12-23-21)27-11-3-10-22/h4-9,12,15,19H,3,10-11,13-14H2,1-2H3,(H,24,26)/t15-/m0/s1. The number of aromatic nitrogens is 1. The first-order valence-electron chi connectivity index (χ1n) is 9.33. The second-order valence-electron chi connectivity index (χ2n) is 6.93. The van der Waals surface area contributed by atoms with Crippen molar-refractivity contribution in [3.05, 3.63) is 53.7 Å². The Morgan fingerprint density at radius 3 is 2.63 bits per heavy atom. The lowest BCUT2D eigenvalue weighted by atomic mass is 9.90. The van der Waals surface area contributed by atoms with Crippen molar-refractivity contribution in [2.75, 3.05) is 31.3 Å². The number of amides is 1. The van der Waals surface area contributed by atoms with Crippen molar-refractivity contribution in [2.45, 2.75) is 32.2 Å². The molecule has 1 aliphatic rings. The van der Waals surface area contributed by atoms with Gasteiger partial charge in [0.2, 0.25) is 5.91 Å². The smallest absolute Gasteiger partial charge is 0.217 e. The molecular weight excluding hydrogens is 345 g/mol. The van der Waals surface area contributed by atoms with Crippen molar-refractivity contribution in [3.63, 3.8) is 0 Å². The number of nitrogens with zero attached hydrogens (tertiary/aromatic N) is 2. The zero-order chi connectivity index (χ0) is 19.2. The number of hydrogen-bond acceptors (Lipinski definition) is 4. The lowest BCUT2D eigenvalue weighted by molar-refractivity contribution is -0.119. The summed E-state index contributed by atoms with van der Waals surface area (Å²) in [5, 5.41) is 2.90. The van der Waals surface area contributed by atoms with Gasteiger partial charge in [0.05, 0.1) is 25.5 Å². The van der Waals surface area contributed by atoms with Gasteiger partial charge in [-0.25, -0.2) is 4.98 Å². The van der Waals surface area contributed by atoms with E-state index in [0.717, 1.165) is 24.5 Å². The number of hydrogen-bond donors (Lipinski definition) is 1. The zero-order valence-corrected chi connectivity index (χ0v) is 15.8. The number of pyridine rings is 1. The molecule has 1 fully saturated rings. The summed E-state index contributed by atoms with van der Waals surface area (Å²) in [5.41, 5.74) is 2.41. The minimum atomic E-state index is -0.367. The highest BCUT2D eigenvalue weighted by Crippen LogP contribution is 2.31. The predicted octanol–water partition coefficient (Wildman–Crippen LogP) is 3.62. The molecule has 0 saturated carbocycles. The van der Waals surface area contributed by atoms with Gasteiger partial charge in [-0.3, -0.25) is 9.18 Å². The number of rotatable bonds is 8. The Labute approximate surface area is 159 Å². The molecule has 0 radical (unpaired) electrons. The van der Waals surface area contributed by atoms with Crippen molar-refractivity contribution in [1.82, 2.24) is 10.3 Å². The van der Waals surface area contributed by atoms with Gasteiger partial charge in [-0.15, -0.1) is 0 Å². The Morgan fingerprint density at radius 1 is 1.30 bits per heavy atom. The molecule has 1 aromatic heterocycles. The monoisotopic (exact) mass is 371 g/mol. The van der Waals surface area contributed by atoms with Gasteiger partial charge in [0.1, 0.15) is 11.6 Å². The fraction of sp³-hybridized carbons (Fsp3) is 0.429. The van der Waals surface area contributed by atoms with Crippen LogP contribution in [0.4, 0.5) is 10.2 Å². The summed E-state index contributed by atoms with van der Waals surface area (Å²) >= 11 is 0. The minimum absolute atomic E-state index is 0.0178. The van der Waals surface area contributed by atoms with E-state index in [0.29, 0.717) is 24.7 Å². The molecule has 0 aliphatic carbocycles. The van der Waals surface area contributed by atoms with E-state index in [1.54, 1.807) is 6.20 Å². The Kier molecular flexibility index (Phi) is 6.27. The van der Waals surface area contributed by atoms with Gasteiger partial charge in [0.25, 0.3) is 0 Å². The molecule has 0 unspecified atom stereocenters. The third-order valence-corrected chi connectivity index (χ3v) is 4.80. The summed E-state index contributed by atoms with van der Waals surface area (Å²) in [7, 11) is 0. The fourth-order valence-corrected chi connectivity index (χ4v) is 3.21. The van der Waals surface area contributed by atoms with Crippen LogP contribution in [0.1, 0.15) is 43.4 Å². The average Bonchev–Trinajstić information content (AvgIpc) is 2.62. The molecule has 0 spiro atoms. The minimum Gasteiger partial charge on any atom is -0.492 e. The lowest BCUT2D eigenvalue weighted by Crippen LogP contribution is -2.45. The number of ether oxygens (including phenoxy) is 1. The number of benzene rings is 1. The van der Waals surface area contributed by atoms with Gasteiger partial charge in [-0.05, 0) is 30.2 Å². The van der Waals surface area contributed by atoms with E-state index >= 15 is 0 Å². The fourth-order valence-electron chi connectivity index (χ4n) is 3.21. The third kappa shape index (κ3) is 4.96. The van der Waals surface area contributed by atoms with E-state index in [9.17, 15) is 9.18 Å². The van der Waals surface area contributed by atoms with Crippen LogP contribution < -0.4 is 15.0 Å². The molecule has 1 saturated heterocycles. The average molecular weight is 371 g/mol. The molecular formula is C21H26FN3O2. The number of carbonyl (C=O) groups excluding carboxylic acids is 1. The number of alkyl halides is 1. The molecule has 3 rings (SSSR count). The summed E-state index contributed by atoms with van der Waals surface area (Å²) in [6, 6.07) is 12.3. The van der Waals surface area contributed by atoms with Crippen LogP contribution in [0, 0.1) is 0 Å². The summed E-state index contributed by atoms with van der Waals surface area (Å²) in [6.07, 6.45) is 2.09. The predicted molar refractivity (Wildman–Crippen MR) is 104 cm³/mol. The van der Waals surface area contributed by atoms with Crippen LogP contribution in [0.25, 0.3) is 0 Å². The third-order valence-electron chi connectivity index (χ3n) is 4.80. The Bertz CT molecular complexity index is 743. The molecule has 0 bridgehead atoms. The zero-order valence-electron chi connectivity index (χ0n) is 15.8. The van der Waals surface area contributed by atoms with Crippen LogP contribution in [0.3, 0.4) is 0 Å². The molecule has 27 heavy (non-hydrogen) atoms. The van der Waals surface area contributed by atoms with Gasteiger partial charge in [-0.1, -0.05) is 24.3 Å². The summed E-state index contributed by atoms with van der Waals surface area (Å²) in [6.45, 7) is 5.38. The van der Waals surface area contributed by atoms with Crippen molar-refractivity contribution in [1.29, 1.82) is 0 Å². The van der Waals surface area contributed by atoms with Gasteiger partial charge < -0.3 is 15.0 Å². The highest BCUT2D eigenvalue weighted by Gasteiger charge is 2.29. The normalized spacial score (nSPS) is 15.1. The molecule has 6 heteroatoms. The molecule has 2 aromatic rings. The Morgan fingerprint density at radius 2 is 2.04 bits per heavy atom. The van der Waals surface area contributed by atoms with Crippen LogP contribution in [0.2, 0.25) is 0 Å². The maximum Gasteiger partial charge on any atom is 0.217 e. The first kappa shape index (κ1) is 19.1. The van der Waals surface area contributed by atoms with Gasteiger partial charge in [0.15, 0.2) is 0 Å². The second kappa shape index (κ2) is 8.84. The van der Waals surface area contributed by atoms with E-state index in [-0.39, 0.29) is 18.6 Å². The number of halogens is 1. The van der Waals surface area contributed by atoms with Crippen LogP contribution in [-0.2, 0) is 4.79 Å². The lowest BCUT2D eigenvalue weighted by Gasteiger charge is -2.40. The number of anilines is 1. The van der Waals surface area contributed by atoms with E-state index in [2.05, 4.69) is 39.5 Å². The summed E-state index contributed by atoms with van der Waals surface area (Å²) in [5.74, 6) is 2.07. The van der Waals surface area contributed by atoms with E-state index in [1.807, 2.05) is 19.1 Å². The second-order valence-corrected chi connectivity index (χ2v) is 6.93. The molecule has 5 nitrogen and oxygen atoms in total. The van der Waals surface area contributed by atoms with Gasteiger partial charge in [-0.2, -0.15) is 0 Å². The quantitative estimate of drug-likeness (QED) is 0.720. The van der Waals surface area contributed by atoms with E-state index < -0.39 is 0 Å². The van der Waals surface area contributed by atoms with Gasteiger partial charge >= 0.3 is 0 Å². The molecule has 1 N–H and O–H groups in total. The summed E-state index contributed by atoms with van der Waals surface area (Å²) in [4.78, 5) is 17.8. The van der Waals surface area contributed by atoms with Crippen LogP contribution in [0.5, 0.6) is 5.75 Å². The number of carbonyl (C=O) groups is 1. The molecule has 1 atom stereocenters. The first-order chi connectivity index (χ1) is 13.1. The highest BCUT2D eigenvalue weighted by atomic mass is 19.1. The molecule has 1 aliphatic heterocycles. The maximum atomic E-state index is 12.1. The van der Waals surface area contributed by atoms with Crippen molar-refractivity contribution in [2.24, 2.45) is 0 Å². The highest BCUT2D eigenvalue weighted by molar-refractivity contribution is 5.73. The van der Waals surface area contributed by atoms with E-state index in [1.165, 1.54) is 12.5 Å². The van der Waals surface area contributed by atoms with E-state index in [4.69, 9.17) is 4.74 Å². The van der Waals surface area contributed by atoms with Crippen molar-refractivity contribution >= 4 is 11.7 Å². The molecule has 144 valence electrons. The molecule has 1 amide bonds. The molecule has 1 aromatic carbocycles.